The third-order valence-electron chi connectivity index (χ3n) is 5.10. The van der Waals surface area contributed by atoms with Crippen molar-refractivity contribution in [1.29, 1.82) is 0 Å². The van der Waals surface area contributed by atoms with Gasteiger partial charge >= 0.3 is 18.4 Å². The molecule has 0 saturated heterocycles. The molecular weight excluding hydrogens is 555 g/mol. The van der Waals surface area contributed by atoms with E-state index in [1.807, 2.05) is 12.1 Å². The fourth-order valence-electron chi connectivity index (χ4n) is 3.51. The average Bonchev–Trinajstić information content (AvgIpc) is 3.46. The number of anilines is 1. The van der Waals surface area contributed by atoms with Crippen LogP contribution in [-0.2, 0) is 11.2 Å². The number of H-pyrrole nitrogens is 2. The fraction of sp³-hybridized carbons (Fsp3) is 0.318. The Labute approximate surface area is 220 Å². The van der Waals surface area contributed by atoms with Crippen LogP contribution in [0.5, 0.6) is 5.75 Å². The number of thiazole rings is 1. The number of tetrazole rings is 1. The van der Waals surface area contributed by atoms with Crippen molar-refractivity contribution < 1.29 is 36.2 Å². The molecule has 3 N–H and O–H groups in total. The zero-order valence-corrected chi connectivity index (χ0v) is 20.9. The van der Waals surface area contributed by atoms with Gasteiger partial charge in [-0.05, 0) is 67.0 Å². The first kappa shape index (κ1) is 27.4. The van der Waals surface area contributed by atoms with Gasteiger partial charge in [-0.2, -0.15) is 27.2 Å². The summed E-state index contributed by atoms with van der Waals surface area (Å²) in [5.74, 6) is 0.00931. The molecule has 0 aliphatic heterocycles. The molecule has 9 nitrogen and oxygen atoms in total. The molecule has 4 aromatic rings. The van der Waals surface area contributed by atoms with Gasteiger partial charge < -0.3 is 14.5 Å². The zero-order chi connectivity index (χ0) is 27.3. The normalized spacial score (nSPS) is 12.9. The largest absolute Gasteiger partial charge is 0.441 e. The van der Waals surface area contributed by atoms with E-state index in [0.717, 1.165) is 27.9 Å². The van der Waals surface area contributed by atoms with Gasteiger partial charge in [0.2, 0.25) is 0 Å². The standard InChI is InChI=1S/C22H19F5N6O3S2/c23-21(24,25)11-22(26,27)36-14-7-5-13(6-8-14)28-19(34)35-16(2-1-3-18-30-32-33-31-18)12-4-9-15-17(10-12)38-20(37)29-15/h4-10,16H,1-3,11H2,(H,28,34)(H,29,37)(H,30,31,32,33). The number of fused-ring (bicyclic) bond motifs is 1. The first-order valence-corrected chi connectivity index (χ1v) is 12.2. The number of halogens is 5. The number of carbonyl (C=O) groups is 1. The zero-order valence-electron chi connectivity index (χ0n) is 19.2. The maximum atomic E-state index is 13.5. The van der Waals surface area contributed by atoms with E-state index in [0.29, 0.717) is 29.0 Å². The lowest BCUT2D eigenvalue weighted by Gasteiger charge is -2.20. The van der Waals surface area contributed by atoms with Gasteiger partial charge in [0.25, 0.3) is 0 Å². The predicted molar refractivity (Wildman–Crippen MR) is 130 cm³/mol. The second-order valence-electron chi connectivity index (χ2n) is 8.07. The number of aromatic nitrogens is 5. The highest BCUT2D eigenvalue weighted by Crippen LogP contribution is 2.34. The highest BCUT2D eigenvalue weighted by molar-refractivity contribution is 7.73. The van der Waals surface area contributed by atoms with E-state index in [1.165, 1.54) is 23.5 Å². The Balaban J connectivity index is 1.41. The van der Waals surface area contributed by atoms with Crippen LogP contribution in [0.25, 0.3) is 10.2 Å². The molecule has 38 heavy (non-hydrogen) atoms. The second-order valence-corrected chi connectivity index (χ2v) is 9.78. The van der Waals surface area contributed by atoms with Crippen LogP contribution in [0.15, 0.2) is 42.5 Å². The molecule has 0 saturated carbocycles. The highest BCUT2D eigenvalue weighted by Gasteiger charge is 2.45. The lowest BCUT2D eigenvalue weighted by Crippen LogP contribution is -2.31. The van der Waals surface area contributed by atoms with Crippen molar-refractivity contribution in [2.24, 2.45) is 0 Å². The third kappa shape index (κ3) is 7.92. The van der Waals surface area contributed by atoms with E-state index < -0.39 is 36.7 Å². The van der Waals surface area contributed by atoms with Crippen LogP contribution < -0.4 is 10.1 Å². The van der Waals surface area contributed by atoms with E-state index in [9.17, 15) is 26.7 Å². The molecule has 0 bridgehead atoms. The van der Waals surface area contributed by atoms with Gasteiger partial charge in [-0.15, -0.1) is 21.5 Å². The summed E-state index contributed by atoms with van der Waals surface area (Å²) in [5.41, 5.74) is 1.73. The number of hydrogen-bond acceptors (Lipinski definition) is 8. The van der Waals surface area contributed by atoms with Gasteiger partial charge in [-0.1, -0.05) is 11.3 Å². The molecule has 2 aromatic heterocycles. The summed E-state index contributed by atoms with van der Waals surface area (Å²) in [6.45, 7) is 0. The summed E-state index contributed by atoms with van der Waals surface area (Å²) in [4.78, 5) is 15.7. The monoisotopic (exact) mass is 574 g/mol. The summed E-state index contributed by atoms with van der Waals surface area (Å²) < 4.78 is 75.1. The van der Waals surface area contributed by atoms with Crippen LogP contribution in [0.4, 0.5) is 32.4 Å². The van der Waals surface area contributed by atoms with Crippen molar-refractivity contribution in [3.05, 3.63) is 57.8 Å². The van der Waals surface area contributed by atoms with Gasteiger partial charge in [0.15, 0.2) is 9.78 Å². The van der Waals surface area contributed by atoms with Crippen LogP contribution in [0.3, 0.4) is 0 Å². The number of benzene rings is 2. The topological polar surface area (TPSA) is 118 Å². The molecule has 1 unspecified atom stereocenters. The van der Waals surface area contributed by atoms with E-state index >= 15 is 0 Å². The van der Waals surface area contributed by atoms with Crippen molar-refractivity contribution >= 4 is 45.6 Å². The molecular formula is C22H19F5N6O3S2. The minimum absolute atomic E-state index is 0.158. The number of carbonyl (C=O) groups excluding carboxylic acids is 1. The smallest absolute Gasteiger partial charge is 0.412 e. The van der Waals surface area contributed by atoms with Gasteiger partial charge in [0.1, 0.15) is 18.3 Å². The first-order valence-electron chi connectivity index (χ1n) is 11.0. The quantitative estimate of drug-likeness (QED) is 0.142. The molecule has 1 atom stereocenters. The highest BCUT2D eigenvalue weighted by atomic mass is 32.1. The number of alkyl halides is 5. The molecule has 4 rings (SSSR count). The number of rotatable bonds is 10. The van der Waals surface area contributed by atoms with E-state index in [-0.39, 0.29) is 5.69 Å². The van der Waals surface area contributed by atoms with Crippen molar-refractivity contribution in [2.75, 3.05) is 5.32 Å². The lowest BCUT2D eigenvalue weighted by atomic mass is 10.0. The van der Waals surface area contributed by atoms with Gasteiger partial charge in [-0.3, -0.25) is 5.32 Å². The number of aromatic amines is 2. The molecule has 0 aliphatic carbocycles. The molecule has 0 aliphatic rings. The Kier molecular flexibility index (Phi) is 8.20. The summed E-state index contributed by atoms with van der Waals surface area (Å²) >= 11 is 6.56. The Morgan fingerprint density at radius 2 is 1.89 bits per heavy atom. The Morgan fingerprint density at radius 3 is 2.58 bits per heavy atom. The lowest BCUT2D eigenvalue weighted by molar-refractivity contribution is -0.255. The summed E-state index contributed by atoms with van der Waals surface area (Å²) in [7, 11) is 0. The molecule has 0 radical (unpaired) electrons. The Bertz CT molecular complexity index is 1420. The van der Waals surface area contributed by atoms with E-state index in [1.54, 1.807) is 6.07 Å². The molecule has 202 valence electrons. The number of aryl methyl sites for hydroxylation is 1. The molecule has 16 heteroatoms. The van der Waals surface area contributed by atoms with E-state index in [2.05, 4.69) is 35.7 Å². The molecule has 2 aromatic carbocycles. The first-order chi connectivity index (χ1) is 18.0. The fourth-order valence-corrected chi connectivity index (χ4v) is 4.68. The SMILES string of the molecule is O=C(Nc1ccc(OC(F)(F)CC(F)(F)F)cc1)OC(CCCc1nn[nH]n1)c1ccc2[nH]c(=S)sc2c1. The minimum Gasteiger partial charge on any atom is -0.441 e. The number of amides is 1. The summed E-state index contributed by atoms with van der Waals surface area (Å²) in [6.07, 6.45) is -12.0. The maximum absolute atomic E-state index is 13.5. The molecule has 2 heterocycles. The Hall–Kier alpha value is -3.66. The van der Waals surface area contributed by atoms with Crippen molar-refractivity contribution in [3.63, 3.8) is 0 Å². The number of nitrogens with one attached hydrogen (secondary N) is 3. The molecule has 0 spiro atoms. The van der Waals surface area contributed by atoms with Crippen molar-refractivity contribution in [3.8, 4) is 5.75 Å². The summed E-state index contributed by atoms with van der Waals surface area (Å²) in [6, 6.07) is 9.92. The molecule has 1 amide bonds. The average molecular weight is 575 g/mol. The Morgan fingerprint density at radius 1 is 1.13 bits per heavy atom. The van der Waals surface area contributed by atoms with Gasteiger partial charge in [0, 0.05) is 12.1 Å². The van der Waals surface area contributed by atoms with Crippen molar-refractivity contribution in [2.45, 2.75) is 44.1 Å². The van der Waals surface area contributed by atoms with Crippen LogP contribution in [0.2, 0.25) is 0 Å². The second kappa shape index (κ2) is 11.4. The van der Waals surface area contributed by atoms with Crippen LogP contribution >= 0.6 is 23.6 Å². The van der Waals surface area contributed by atoms with Crippen molar-refractivity contribution in [1.82, 2.24) is 25.6 Å². The van der Waals surface area contributed by atoms with Gasteiger partial charge in [0.05, 0.1) is 10.2 Å². The summed E-state index contributed by atoms with van der Waals surface area (Å²) in [5, 5.41) is 16.1. The number of nitrogens with zero attached hydrogens (tertiary/aromatic N) is 3. The predicted octanol–water partition coefficient (Wildman–Crippen LogP) is 6.71. The van der Waals surface area contributed by atoms with Crippen LogP contribution in [0, 0.1) is 3.95 Å². The van der Waals surface area contributed by atoms with E-state index in [4.69, 9.17) is 17.0 Å². The maximum Gasteiger partial charge on any atom is 0.412 e. The van der Waals surface area contributed by atoms with Crippen LogP contribution in [0.1, 0.15) is 36.8 Å². The van der Waals surface area contributed by atoms with Gasteiger partial charge in [-0.25, -0.2) is 4.79 Å². The number of ether oxygens (including phenoxy) is 2. The minimum atomic E-state index is -5.10. The van der Waals surface area contributed by atoms with Crippen LogP contribution in [-0.4, -0.2) is 44.0 Å². The number of hydrogen-bond donors (Lipinski definition) is 3. The molecule has 0 fully saturated rings. The third-order valence-corrected chi connectivity index (χ3v) is 6.29.